The van der Waals surface area contributed by atoms with Gasteiger partial charge in [0.2, 0.25) is 0 Å². The normalized spacial score (nSPS) is 21.0. The van der Waals surface area contributed by atoms with Crippen LogP contribution in [0.2, 0.25) is 0 Å². The van der Waals surface area contributed by atoms with Crippen LogP contribution in [-0.4, -0.2) is 23.0 Å². The van der Waals surface area contributed by atoms with Crippen molar-refractivity contribution >= 4 is 16.5 Å². The average molecular weight is 271 g/mol. The lowest BCUT2D eigenvalue weighted by Gasteiger charge is -2.40. The first kappa shape index (κ1) is 11.4. The van der Waals surface area contributed by atoms with Crippen LogP contribution >= 0.6 is 11.3 Å². The lowest BCUT2D eigenvalue weighted by molar-refractivity contribution is 0.193. The maximum absolute atomic E-state index is 5.92. The van der Waals surface area contributed by atoms with Gasteiger partial charge in [-0.1, -0.05) is 25.1 Å². The van der Waals surface area contributed by atoms with E-state index in [-0.39, 0.29) is 0 Å². The van der Waals surface area contributed by atoms with Gasteiger partial charge in [-0.2, -0.15) is 0 Å². The summed E-state index contributed by atoms with van der Waals surface area (Å²) in [5, 5.41) is 0.698. The van der Waals surface area contributed by atoms with E-state index in [4.69, 9.17) is 5.73 Å². The molecule has 1 aliphatic heterocycles. The van der Waals surface area contributed by atoms with Crippen molar-refractivity contribution in [1.29, 1.82) is 0 Å². The molecule has 2 aromatic rings. The van der Waals surface area contributed by atoms with Crippen molar-refractivity contribution in [3.05, 3.63) is 34.2 Å². The molecule has 0 spiro atoms. The molecule has 2 aliphatic rings. The fourth-order valence-corrected chi connectivity index (χ4v) is 4.42. The fourth-order valence-electron chi connectivity index (χ4n) is 3.54. The maximum Gasteiger partial charge on any atom is 0.180 e. The van der Waals surface area contributed by atoms with Crippen molar-refractivity contribution in [3.63, 3.8) is 0 Å². The third kappa shape index (κ3) is 1.56. The molecule has 1 atom stereocenters. The van der Waals surface area contributed by atoms with Crippen LogP contribution in [0.4, 0.5) is 5.13 Å². The first-order valence-electron chi connectivity index (χ1n) is 6.89. The summed E-state index contributed by atoms with van der Waals surface area (Å²) in [6.45, 7) is 4.54. The van der Waals surface area contributed by atoms with Crippen molar-refractivity contribution < 1.29 is 0 Å². The maximum atomic E-state index is 5.92. The van der Waals surface area contributed by atoms with Gasteiger partial charge in [-0.3, -0.25) is 4.90 Å². The number of nitrogens with zero attached hydrogens (tertiary/aromatic N) is 2. The minimum atomic E-state index is 0.525. The molecule has 1 unspecified atom stereocenters. The van der Waals surface area contributed by atoms with E-state index in [0.29, 0.717) is 11.2 Å². The minimum Gasteiger partial charge on any atom is -0.375 e. The molecule has 1 aromatic carbocycles. The molecule has 1 aliphatic carbocycles. The summed E-state index contributed by atoms with van der Waals surface area (Å²) in [4.78, 5) is 8.50. The number of rotatable bonds is 1. The first-order chi connectivity index (χ1) is 9.28. The van der Waals surface area contributed by atoms with Crippen LogP contribution in [0.15, 0.2) is 18.2 Å². The number of nitrogen functional groups attached to an aromatic ring is 1. The van der Waals surface area contributed by atoms with Crippen LogP contribution in [0, 0.1) is 0 Å². The molecule has 3 nitrogen and oxygen atoms in total. The van der Waals surface area contributed by atoms with Crippen molar-refractivity contribution in [2.75, 3.05) is 18.8 Å². The number of hydrogen-bond acceptors (Lipinski definition) is 4. The summed E-state index contributed by atoms with van der Waals surface area (Å²) >= 11 is 1.66. The zero-order chi connectivity index (χ0) is 13.0. The fraction of sp³-hybridized carbons (Fsp3) is 0.400. The van der Waals surface area contributed by atoms with Gasteiger partial charge in [-0.25, -0.2) is 4.98 Å². The Balaban J connectivity index is 1.97. The van der Waals surface area contributed by atoms with Crippen molar-refractivity contribution in [1.82, 2.24) is 9.88 Å². The van der Waals surface area contributed by atoms with Gasteiger partial charge in [-0.05, 0) is 24.1 Å². The Hall–Kier alpha value is -1.39. The molecule has 19 heavy (non-hydrogen) atoms. The predicted octanol–water partition coefficient (Wildman–Crippen LogP) is 2.87. The van der Waals surface area contributed by atoms with Gasteiger partial charge in [0, 0.05) is 29.4 Å². The molecular weight excluding hydrogens is 254 g/mol. The van der Waals surface area contributed by atoms with E-state index in [9.17, 15) is 0 Å². The van der Waals surface area contributed by atoms with E-state index in [1.807, 2.05) is 0 Å². The Labute approximate surface area is 117 Å². The average Bonchev–Trinajstić information content (AvgIpc) is 2.80. The quantitative estimate of drug-likeness (QED) is 0.867. The van der Waals surface area contributed by atoms with Gasteiger partial charge in [-0.15, -0.1) is 11.3 Å². The molecule has 0 saturated carbocycles. The van der Waals surface area contributed by atoms with Gasteiger partial charge < -0.3 is 5.73 Å². The molecule has 0 amide bonds. The van der Waals surface area contributed by atoms with Crippen molar-refractivity contribution in [2.45, 2.75) is 25.8 Å². The second kappa shape index (κ2) is 4.05. The Morgan fingerprint density at radius 3 is 3.21 bits per heavy atom. The first-order valence-corrected chi connectivity index (χ1v) is 7.71. The SMILES string of the molecule is CCN1CCc2cccc3c2C1Cc1sc(N)nc1-3. The molecule has 2 heterocycles. The number of benzene rings is 1. The van der Waals surface area contributed by atoms with Gasteiger partial charge in [0.1, 0.15) is 0 Å². The van der Waals surface area contributed by atoms with Crippen LogP contribution in [0.3, 0.4) is 0 Å². The van der Waals surface area contributed by atoms with Crippen LogP contribution in [-0.2, 0) is 12.8 Å². The third-order valence-electron chi connectivity index (χ3n) is 4.39. The molecular formula is C15H17N3S. The third-order valence-corrected chi connectivity index (χ3v) is 5.30. The molecule has 0 saturated heterocycles. The monoisotopic (exact) mass is 271 g/mol. The summed E-state index contributed by atoms with van der Waals surface area (Å²) < 4.78 is 0. The molecule has 98 valence electrons. The number of aromatic nitrogens is 1. The molecule has 1 aromatic heterocycles. The number of hydrogen-bond donors (Lipinski definition) is 1. The van der Waals surface area contributed by atoms with Crippen LogP contribution in [0.5, 0.6) is 0 Å². The number of nitrogens with two attached hydrogens (primary N) is 1. The van der Waals surface area contributed by atoms with E-state index in [1.54, 1.807) is 11.3 Å². The summed E-state index contributed by atoms with van der Waals surface area (Å²) in [5.74, 6) is 0. The molecule has 0 fully saturated rings. The van der Waals surface area contributed by atoms with E-state index in [1.165, 1.54) is 28.1 Å². The van der Waals surface area contributed by atoms with Gasteiger partial charge in [0.25, 0.3) is 0 Å². The van der Waals surface area contributed by atoms with E-state index in [2.05, 4.69) is 35.0 Å². The number of anilines is 1. The Kier molecular flexibility index (Phi) is 2.44. The molecule has 4 rings (SSSR count). The van der Waals surface area contributed by atoms with Crippen molar-refractivity contribution in [2.24, 2.45) is 0 Å². The van der Waals surface area contributed by atoms with Crippen LogP contribution < -0.4 is 5.73 Å². The summed E-state index contributed by atoms with van der Waals surface area (Å²) in [6.07, 6.45) is 2.23. The number of thiazole rings is 1. The second-order valence-electron chi connectivity index (χ2n) is 5.30. The minimum absolute atomic E-state index is 0.525. The summed E-state index contributed by atoms with van der Waals surface area (Å²) in [6, 6.07) is 7.18. The Morgan fingerprint density at radius 1 is 1.47 bits per heavy atom. The zero-order valence-corrected chi connectivity index (χ0v) is 11.8. The van der Waals surface area contributed by atoms with Gasteiger partial charge >= 0.3 is 0 Å². The highest BCUT2D eigenvalue weighted by molar-refractivity contribution is 7.15. The summed E-state index contributed by atoms with van der Waals surface area (Å²) in [5.41, 5.74) is 11.4. The van der Waals surface area contributed by atoms with Crippen molar-refractivity contribution in [3.8, 4) is 11.3 Å². The number of likely N-dealkylation sites (N-methyl/N-ethyl adjacent to an activating group) is 1. The van der Waals surface area contributed by atoms with Crippen LogP contribution in [0.25, 0.3) is 11.3 Å². The molecule has 0 bridgehead atoms. The lowest BCUT2D eigenvalue weighted by Crippen LogP contribution is -2.38. The highest BCUT2D eigenvalue weighted by Crippen LogP contribution is 2.46. The predicted molar refractivity (Wildman–Crippen MR) is 79.4 cm³/mol. The molecule has 2 N–H and O–H groups in total. The largest absolute Gasteiger partial charge is 0.375 e. The molecule has 4 heteroatoms. The van der Waals surface area contributed by atoms with E-state index < -0.39 is 0 Å². The second-order valence-corrected chi connectivity index (χ2v) is 6.42. The standard InChI is InChI=1S/C15H17N3S/c1-2-18-7-6-9-4-3-5-10-13(9)11(18)8-12-14(10)17-15(16)19-12/h3-5,11H,2,6-8H2,1H3,(H2,16,17). The smallest absolute Gasteiger partial charge is 0.180 e. The van der Waals surface area contributed by atoms with Gasteiger partial charge in [0.05, 0.1) is 5.69 Å². The van der Waals surface area contributed by atoms with E-state index >= 15 is 0 Å². The topological polar surface area (TPSA) is 42.1 Å². The Bertz CT molecular complexity index is 647. The summed E-state index contributed by atoms with van der Waals surface area (Å²) in [7, 11) is 0. The molecule has 0 radical (unpaired) electrons. The lowest BCUT2D eigenvalue weighted by atomic mass is 9.81. The zero-order valence-electron chi connectivity index (χ0n) is 11.0. The highest BCUT2D eigenvalue weighted by Gasteiger charge is 2.35. The van der Waals surface area contributed by atoms with Gasteiger partial charge in [0.15, 0.2) is 5.13 Å². The number of fused-ring (bicyclic) bond motifs is 2. The van der Waals surface area contributed by atoms with Crippen LogP contribution in [0.1, 0.15) is 29.0 Å². The Morgan fingerprint density at radius 2 is 2.37 bits per heavy atom. The van der Waals surface area contributed by atoms with E-state index in [0.717, 1.165) is 25.1 Å². The highest BCUT2D eigenvalue weighted by atomic mass is 32.1.